The van der Waals surface area contributed by atoms with E-state index in [1.165, 1.54) is 0 Å². The van der Waals surface area contributed by atoms with Gasteiger partial charge in [0.25, 0.3) is 0 Å². The molecule has 0 aromatic heterocycles. The average Bonchev–Trinajstić information content (AvgIpc) is 1.88. The molecule has 11 heavy (non-hydrogen) atoms. The molecule has 0 spiro atoms. The number of hydrogen-bond acceptors (Lipinski definition) is 2. The van der Waals surface area contributed by atoms with Gasteiger partial charge >= 0.3 is 0 Å². The van der Waals surface area contributed by atoms with Gasteiger partial charge in [-0.1, -0.05) is 34.6 Å². The number of aldehydes is 2. The van der Waals surface area contributed by atoms with E-state index in [9.17, 15) is 9.59 Å². The third kappa shape index (κ3) is 26.7. The van der Waals surface area contributed by atoms with E-state index in [0.29, 0.717) is 0 Å². The summed E-state index contributed by atoms with van der Waals surface area (Å²) >= 11 is 0. The SMILES string of the molecule is CC(C)(C)C=O.CC(C)C=O. The number of carbonyl (C=O) groups excluding carboxylic acids is 2. The van der Waals surface area contributed by atoms with Gasteiger partial charge in [-0.3, -0.25) is 0 Å². The summed E-state index contributed by atoms with van der Waals surface area (Å²) in [5, 5.41) is 0. The molecule has 0 aliphatic carbocycles. The Balaban J connectivity index is 0. The fourth-order valence-corrected chi connectivity index (χ4v) is 0. The van der Waals surface area contributed by atoms with Crippen molar-refractivity contribution in [1.29, 1.82) is 0 Å². The van der Waals surface area contributed by atoms with Crippen LogP contribution in [0, 0.1) is 11.3 Å². The summed E-state index contributed by atoms with van der Waals surface area (Å²) in [4.78, 5) is 19.3. The van der Waals surface area contributed by atoms with E-state index in [4.69, 9.17) is 0 Å². The molecule has 0 aromatic rings. The Kier molecular flexibility index (Phi) is 7.16. The maximum Gasteiger partial charge on any atom is 0.125 e. The number of rotatable bonds is 1. The second kappa shape index (κ2) is 6.08. The van der Waals surface area contributed by atoms with Crippen LogP contribution in [-0.2, 0) is 9.59 Å². The highest BCUT2D eigenvalue weighted by Gasteiger charge is 2.04. The van der Waals surface area contributed by atoms with Crippen LogP contribution in [0.5, 0.6) is 0 Å². The van der Waals surface area contributed by atoms with Crippen LogP contribution in [0.15, 0.2) is 0 Å². The molecule has 0 unspecified atom stereocenters. The molecule has 0 saturated heterocycles. The second-order valence-corrected chi connectivity index (χ2v) is 3.86. The van der Waals surface area contributed by atoms with Crippen LogP contribution in [0.1, 0.15) is 34.6 Å². The first kappa shape index (κ1) is 13.0. The molecule has 0 heterocycles. The zero-order valence-corrected chi connectivity index (χ0v) is 8.05. The minimum atomic E-state index is -0.139. The maximum absolute atomic E-state index is 9.83. The standard InChI is InChI=1S/C5H10O.C4H8O/c1-5(2,3)4-6;1-4(2)3-5/h4H,1-3H3;3-4H,1-2H3. The molecule has 0 fully saturated rings. The molecule has 0 aliphatic rings. The van der Waals surface area contributed by atoms with Crippen LogP contribution in [0.3, 0.4) is 0 Å². The van der Waals surface area contributed by atoms with Crippen LogP contribution < -0.4 is 0 Å². The first-order valence-electron chi connectivity index (χ1n) is 3.75. The van der Waals surface area contributed by atoms with Crippen LogP contribution >= 0.6 is 0 Å². The van der Waals surface area contributed by atoms with Crippen molar-refractivity contribution in [3.63, 3.8) is 0 Å². The first-order valence-corrected chi connectivity index (χ1v) is 3.75. The number of hydrogen-bond donors (Lipinski definition) is 0. The second-order valence-electron chi connectivity index (χ2n) is 3.86. The summed E-state index contributed by atoms with van der Waals surface area (Å²) < 4.78 is 0. The summed E-state index contributed by atoms with van der Waals surface area (Å²) in [6.07, 6.45) is 1.85. The molecule has 2 heteroatoms. The first-order chi connectivity index (χ1) is 4.83. The summed E-state index contributed by atoms with van der Waals surface area (Å²) in [6, 6.07) is 0. The summed E-state index contributed by atoms with van der Waals surface area (Å²) in [7, 11) is 0. The molecule has 0 radical (unpaired) electrons. The number of carbonyl (C=O) groups is 2. The predicted octanol–water partition coefficient (Wildman–Crippen LogP) is 2.07. The lowest BCUT2D eigenvalue weighted by molar-refractivity contribution is -0.114. The summed E-state index contributed by atoms with van der Waals surface area (Å²) in [5.74, 6) is 0.204. The molecule has 0 rings (SSSR count). The third-order valence-corrected chi connectivity index (χ3v) is 0.626. The Bertz CT molecular complexity index is 109. The van der Waals surface area contributed by atoms with E-state index in [-0.39, 0.29) is 11.3 Å². The van der Waals surface area contributed by atoms with Gasteiger partial charge < -0.3 is 9.59 Å². The van der Waals surface area contributed by atoms with E-state index in [1.807, 2.05) is 34.6 Å². The average molecular weight is 158 g/mol. The fourth-order valence-electron chi connectivity index (χ4n) is 0. The zero-order chi connectivity index (χ0) is 9.49. The molecule has 0 amide bonds. The Morgan fingerprint density at radius 1 is 1.09 bits per heavy atom. The molecule has 2 nitrogen and oxygen atoms in total. The molecule has 0 atom stereocenters. The largest absolute Gasteiger partial charge is 0.303 e. The fraction of sp³-hybridized carbons (Fsp3) is 0.778. The van der Waals surface area contributed by atoms with Crippen molar-refractivity contribution in [1.82, 2.24) is 0 Å². The van der Waals surface area contributed by atoms with Crippen molar-refractivity contribution in [2.24, 2.45) is 11.3 Å². The van der Waals surface area contributed by atoms with Crippen molar-refractivity contribution >= 4 is 12.6 Å². The van der Waals surface area contributed by atoms with Crippen LogP contribution in [0.2, 0.25) is 0 Å². The maximum atomic E-state index is 9.83. The minimum Gasteiger partial charge on any atom is -0.303 e. The van der Waals surface area contributed by atoms with E-state index in [1.54, 1.807) is 0 Å². The van der Waals surface area contributed by atoms with Gasteiger partial charge in [0.05, 0.1) is 0 Å². The highest BCUT2D eigenvalue weighted by Crippen LogP contribution is 2.05. The minimum absolute atomic E-state index is 0.139. The van der Waals surface area contributed by atoms with Crippen LogP contribution in [0.25, 0.3) is 0 Å². The Hall–Kier alpha value is -0.660. The quantitative estimate of drug-likeness (QED) is 0.547. The Morgan fingerprint density at radius 2 is 1.27 bits per heavy atom. The lowest BCUT2D eigenvalue weighted by Gasteiger charge is -2.03. The summed E-state index contributed by atoms with van der Waals surface area (Å²) in [5.41, 5.74) is -0.139. The van der Waals surface area contributed by atoms with E-state index >= 15 is 0 Å². The molecular formula is C9H18O2. The van der Waals surface area contributed by atoms with Crippen molar-refractivity contribution in [2.75, 3.05) is 0 Å². The molecule has 0 bridgehead atoms. The van der Waals surface area contributed by atoms with E-state index < -0.39 is 0 Å². The van der Waals surface area contributed by atoms with Gasteiger partial charge in [-0.2, -0.15) is 0 Å². The highest BCUT2D eigenvalue weighted by molar-refractivity contribution is 5.56. The van der Waals surface area contributed by atoms with Crippen molar-refractivity contribution < 1.29 is 9.59 Å². The van der Waals surface area contributed by atoms with Crippen LogP contribution in [0.4, 0.5) is 0 Å². The van der Waals surface area contributed by atoms with Gasteiger partial charge in [0, 0.05) is 11.3 Å². The van der Waals surface area contributed by atoms with Crippen molar-refractivity contribution in [3.05, 3.63) is 0 Å². The molecule has 0 aromatic carbocycles. The molecule has 0 saturated carbocycles. The topological polar surface area (TPSA) is 34.1 Å². The van der Waals surface area contributed by atoms with Crippen molar-refractivity contribution in [3.8, 4) is 0 Å². The normalized spacial score (nSPS) is 10.0. The third-order valence-electron chi connectivity index (χ3n) is 0.626. The molecule has 0 aliphatic heterocycles. The highest BCUT2D eigenvalue weighted by atomic mass is 16.1. The van der Waals surface area contributed by atoms with Gasteiger partial charge in [0.2, 0.25) is 0 Å². The Labute approximate surface area is 69.0 Å². The smallest absolute Gasteiger partial charge is 0.125 e. The predicted molar refractivity (Wildman–Crippen MR) is 46.4 cm³/mol. The lowest BCUT2D eigenvalue weighted by Crippen LogP contribution is -2.04. The monoisotopic (exact) mass is 158 g/mol. The molecule has 0 N–H and O–H groups in total. The Morgan fingerprint density at radius 3 is 1.27 bits per heavy atom. The van der Waals surface area contributed by atoms with Gasteiger partial charge in [-0.05, 0) is 0 Å². The lowest BCUT2D eigenvalue weighted by atomic mass is 10.0. The van der Waals surface area contributed by atoms with E-state index in [0.717, 1.165) is 12.6 Å². The van der Waals surface area contributed by atoms with Crippen molar-refractivity contribution in [2.45, 2.75) is 34.6 Å². The zero-order valence-electron chi connectivity index (χ0n) is 8.05. The van der Waals surface area contributed by atoms with Gasteiger partial charge in [0.1, 0.15) is 12.6 Å². The van der Waals surface area contributed by atoms with Crippen LogP contribution in [-0.4, -0.2) is 12.6 Å². The molecular weight excluding hydrogens is 140 g/mol. The molecule has 66 valence electrons. The van der Waals surface area contributed by atoms with Gasteiger partial charge in [-0.15, -0.1) is 0 Å². The van der Waals surface area contributed by atoms with Gasteiger partial charge in [0.15, 0.2) is 0 Å². The summed E-state index contributed by atoms with van der Waals surface area (Å²) in [6.45, 7) is 9.33. The van der Waals surface area contributed by atoms with E-state index in [2.05, 4.69) is 0 Å². The van der Waals surface area contributed by atoms with Gasteiger partial charge in [-0.25, -0.2) is 0 Å².